The molecule has 0 bridgehead atoms. The van der Waals surface area contributed by atoms with Crippen LogP contribution in [0.3, 0.4) is 0 Å². The van der Waals surface area contributed by atoms with Gasteiger partial charge in [0.15, 0.2) is 4.90 Å². The van der Waals surface area contributed by atoms with Gasteiger partial charge in [0.05, 0.1) is 13.2 Å². The molecule has 3 rings (SSSR count). The molecule has 1 saturated carbocycles. The summed E-state index contributed by atoms with van der Waals surface area (Å²) >= 11 is 0. The summed E-state index contributed by atoms with van der Waals surface area (Å²) in [6.45, 7) is 2.89. The molecular weight excluding hydrogens is 326 g/mol. The maximum atomic E-state index is 13.7. The molecule has 1 aromatic carbocycles. The predicted molar refractivity (Wildman–Crippen MR) is 80.5 cm³/mol. The second-order valence-electron chi connectivity index (χ2n) is 6.05. The van der Waals surface area contributed by atoms with Gasteiger partial charge >= 0.3 is 0 Å². The first-order valence-corrected chi connectivity index (χ1v) is 9.19. The Labute approximate surface area is 134 Å². The molecule has 0 aromatic heterocycles. The second-order valence-corrected chi connectivity index (χ2v) is 7.76. The van der Waals surface area contributed by atoms with Crippen molar-refractivity contribution < 1.29 is 21.9 Å². The monoisotopic (exact) mass is 346 g/mol. The van der Waals surface area contributed by atoms with Gasteiger partial charge in [-0.3, -0.25) is 4.90 Å². The van der Waals surface area contributed by atoms with Gasteiger partial charge in [-0.1, -0.05) is 6.07 Å². The molecule has 0 atom stereocenters. The van der Waals surface area contributed by atoms with Gasteiger partial charge in [-0.25, -0.2) is 21.9 Å². The van der Waals surface area contributed by atoms with Gasteiger partial charge in [-0.15, -0.1) is 0 Å². The largest absolute Gasteiger partial charge is 0.379 e. The van der Waals surface area contributed by atoms with Crippen LogP contribution in [0.1, 0.15) is 19.3 Å². The number of morpholine rings is 1. The molecule has 8 heteroatoms. The Bertz CT molecular complexity index is 651. The highest BCUT2D eigenvalue weighted by Gasteiger charge is 2.43. The third-order valence-corrected chi connectivity index (χ3v) is 6.20. The molecule has 1 N–H and O–H groups in total. The van der Waals surface area contributed by atoms with Crippen molar-refractivity contribution in [2.75, 3.05) is 32.8 Å². The van der Waals surface area contributed by atoms with Crippen LogP contribution < -0.4 is 4.72 Å². The highest BCUT2D eigenvalue weighted by Crippen LogP contribution is 2.38. The molecule has 2 aliphatic rings. The minimum absolute atomic E-state index is 0.156. The number of ether oxygens (including phenoxy) is 1. The standard InChI is InChI=1S/C15H20F2N2O3S/c16-12-3-1-4-13(17)14(12)23(20,21)18-11-15(5-2-6-15)19-7-9-22-10-8-19/h1,3-4,18H,2,5-11H2. The fourth-order valence-corrected chi connectivity index (χ4v) is 4.52. The van der Waals surface area contributed by atoms with E-state index in [1.165, 1.54) is 0 Å². The van der Waals surface area contributed by atoms with Crippen molar-refractivity contribution in [1.29, 1.82) is 0 Å². The van der Waals surface area contributed by atoms with Crippen molar-refractivity contribution in [3.05, 3.63) is 29.8 Å². The van der Waals surface area contributed by atoms with E-state index in [1.807, 2.05) is 0 Å². The molecule has 0 radical (unpaired) electrons. The van der Waals surface area contributed by atoms with Crippen LogP contribution in [0.2, 0.25) is 0 Å². The van der Waals surface area contributed by atoms with E-state index in [4.69, 9.17) is 4.74 Å². The zero-order chi connectivity index (χ0) is 16.5. The summed E-state index contributed by atoms with van der Waals surface area (Å²) in [5, 5.41) is 0. The van der Waals surface area contributed by atoms with E-state index in [0.717, 1.165) is 50.6 Å². The number of nitrogens with one attached hydrogen (secondary N) is 1. The number of hydrogen-bond acceptors (Lipinski definition) is 4. The van der Waals surface area contributed by atoms with Gasteiger partial charge in [0.2, 0.25) is 10.0 Å². The van der Waals surface area contributed by atoms with Crippen LogP contribution in [0.15, 0.2) is 23.1 Å². The van der Waals surface area contributed by atoms with Crippen molar-refractivity contribution in [2.24, 2.45) is 0 Å². The molecule has 1 saturated heterocycles. The first-order valence-electron chi connectivity index (χ1n) is 7.71. The molecule has 5 nitrogen and oxygen atoms in total. The lowest BCUT2D eigenvalue weighted by atomic mass is 9.75. The lowest BCUT2D eigenvalue weighted by Gasteiger charge is -2.51. The summed E-state index contributed by atoms with van der Waals surface area (Å²) < 4.78 is 59.8. The topological polar surface area (TPSA) is 58.6 Å². The van der Waals surface area contributed by atoms with Crippen LogP contribution in [0.4, 0.5) is 8.78 Å². The average molecular weight is 346 g/mol. The highest BCUT2D eigenvalue weighted by atomic mass is 32.2. The highest BCUT2D eigenvalue weighted by molar-refractivity contribution is 7.89. The summed E-state index contributed by atoms with van der Waals surface area (Å²) in [4.78, 5) is 1.32. The Morgan fingerprint density at radius 2 is 1.78 bits per heavy atom. The Balaban J connectivity index is 1.76. The zero-order valence-electron chi connectivity index (χ0n) is 12.7. The number of sulfonamides is 1. The first-order chi connectivity index (χ1) is 10.9. The molecule has 0 amide bonds. The average Bonchev–Trinajstić information content (AvgIpc) is 2.46. The summed E-state index contributed by atoms with van der Waals surface area (Å²) in [5.74, 6) is -2.15. The van der Waals surface area contributed by atoms with Crippen molar-refractivity contribution in [3.8, 4) is 0 Å². The SMILES string of the molecule is O=S(=O)(NCC1(N2CCOCC2)CCC1)c1c(F)cccc1F. The Morgan fingerprint density at radius 1 is 1.17 bits per heavy atom. The molecule has 0 unspecified atom stereocenters. The zero-order valence-corrected chi connectivity index (χ0v) is 13.5. The number of halogens is 2. The van der Waals surface area contributed by atoms with Crippen molar-refractivity contribution in [3.63, 3.8) is 0 Å². The van der Waals surface area contributed by atoms with Gasteiger partial charge in [-0.2, -0.15) is 0 Å². The summed E-state index contributed by atoms with van der Waals surface area (Å²) in [6.07, 6.45) is 2.76. The quantitative estimate of drug-likeness (QED) is 0.878. The molecule has 2 fully saturated rings. The second kappa shape index (κ2) is 6.43. The third kappa shape index (κ3) is 3.26. The van der Waals surface area contributed by atoms with E-state index < -0.39 is 26.6 Å². The van der Waals surface area contributed by atoms with E-state index in [9.17, 15) is 17.2 Å². The van der Waals surface area contributed by atoms with Crippen LogP contribution in [0.25, 0.3) is 0 Å². The van der Waals surface area contributed by atoms with Crippen molar-refractivity contribution in [2.45, 2.75) is 29.7 Å². The van der Waals surface area contributed by atoms with Crippen LogP contribution in [0, 0.1) is 11.6 Å². The third-order valence-electron chi connectivity index (χ3n) is 4.75. The summed E-state index contributed by atoms with van der Waals surface area (Å²) in [5.41, 5.74) is -0.265. The molecule has 1 heterocycles. The molecule has 23 heavy (non-hydrogen) atoms. The maximum Gasteiger partial charge on any atom is 0.246 e. The molecule has 1 aliphatic carbocycles. The number of rotatable bonds is 5. The van der Waals surface area contributed by atoms with Gasteiger partial charge in [0, 0.05) is 25.2 Å². The molecule has 128 valence electrons. The van der Waals surface area contributed by atoms with Crippen LogP contribution in [-0.4, -0.2) is 51.7 Å². The Kier molecular flexibility index (Phi) is 4.68. The predicted octanol–water partition coefficient (Wildman–Crippen LogP) is 1.50. The number of nitrogens with zero attached hydrogens (tertiary/aromatic N) is 1. The molecule has 0 spiro atoms. The molecular formula is C15H20F2N2O3S. The summed E-state index contributed by atoms with van der Waals surface area (Å²) in [6, 6.07) is 3.03. The Hall–Kier alpha value is -1.09. The van der Waals surface area contributed by atoms with Gasteiger partial charge in [0.25, 0.3) is 0 Å². The number of hydrogen-bond donors (Lipinski definition) is 1. The number of benzene rings is 1. The van der Waals surface area contributed by atoms with E-state index >= 15 is 0 Å². The fourth-order valence-electron chi connectivity index (χ4n) is 3.27. The van der Waals surface area contributed by atoms with Gasteiger partial charge in [0.1, 0.15) is 11.6 Å². The fraction of sp³-hybridized carbons (Fsp3) is 0.600. The normalized spacial score (nSPS) is 21.8. The van der Waals surface area contributed by atoms with Crippen molar-refractivity contribution >= 4 is 10.0 Å². The van der Waals surface area contributed by atoms with E-state index in [2.05, 4.69) is 9.62 Å². The molecule has 1 aliphatic heterocycles. The van der Waals surface area contributed by atoms with E-state index in [1.54, 1.807) is 0 Å². The maximum absolute atomic E-state index is 13.7. The van der Waals surface area contributed by atoms with Crippen LogP contribution >= 0.6 is 0 Å². The minimum Gasteiger partial charge on any atom is -0.379 e. The van der Waals surface area contributed by atoms with Crippen LogP contribution in [0.5, 0.6) is 0 Å². The van der Waals surface area contributed by atoms with E-state index in [-0.39, 0.29) is 12.1 Å². The lowest BCUT2D eigenvalue weighted by molar-refractivity contribution is -0.0527. The Morgan fingerprint density at radius 3 is 2.30 bits per heavy atom. The minimum atomic E-state index is -4.23. The molecule has 1 aromatic rings. The lowest BCUT2D eigenvalue weighted by Crippen LogP contribution is -2.62. The van der Waals surface area contributed by atoms with Crippen molar-refractivity contribution in [1.82, 2.24) is 9.62 Å². The van der Waals surface area contributed by atoms with Gasteiger partial charge < -0.3 is 4.74 Å². The van der Waals surface area contributed by atoms with E-state index in [0.29, 0.717) is 13.2 Å². The smallest absolute Gasteiger partial charge is 0.246 e. The summed E-state index contributed by atoms with van der Waals surface area (Å²) in [7, 11) is -4.23. The first kappa shape index (κ1) is 16.8. The van der Waals surface area contributed by atoms with Crippen LogP contribution in [-0.2, 0) is 14.8 Å². The van der Waals surface area contributed by atoms with Gasteiger partial charge in [-0.05, 0) is 31.4 Å².